The van der Waals surface area contributed by atoms with Gasteiger partial charge in [-0.05, 0) is 46.6 Å². The van der Waals surface area contributed by atoms with Crippen molar-refractivity contribution in [3.63, 3.8) is 0 Å². The first-order valence-corrected chi connectivity index (χ1v) is 9.54. The van der Waals surface area contributed by atoms with Gasteiger partial charge < -0.3 is 5.32 Å². The highest BCUT2D eigenvalue weighted by molar-refractivity contribution is 5.77. The molecule has 2 aromatic rings. The van der Waals surface area contributed by atoms with E-state index in [9.17, 15) is 0 Å². The van der Waals surface area contributed by atoms with E-state index in [0.29, 0.717) is 6.04 Å². The van der Waals surface area contributed by atoms with Crippen LogP contribution in [0.2, 0.25) is 0 Å². The summed E-state index contributed by atoms with van der Waals surface area (Å²) in [7, 11) is 0. The summed E-state index contributed by atoms with van der Waals surface area (Å²) in [5.74, 6) is 0.968. The normalized spacial score (nSPS) is 21.3. The lowest BCUT2D eigenvalue weighted by molar-refractivity contribution is 0.160. The van der Waals surface area contributed by atoms with Crippen molar-refractivity contribution >= 4 is 0 Å². The molecular weight excluding hydrogens is 292 g/mol. The molecular formula is C22H26N2. The summed E-state index contributed by atoms with van der Waals surface area (Å²) >= 11 is 0. The zero-order valence-electron chi connectivity index (χ0n) is 14.3. The molecule has 1 aliphatic heterocycles. The summed E-state index contributed by atoms with van der Waals surface area (Å²) in [6.07, 6.45) is 5.35. The number of benzene rings is 2. The van der Waals surface area contributed by atoms with Gasteiger partial charge in [-0.15, -0.1) is 0 Å². The number of nitrogens with one attached hydrogen (secondary N) is 1. The Balaban J connectivity index is 1.47. The van der Waals surface area contributed by atoms with E-state index in [4.69, 9.17) is 0 Å². The lowest BCUT2D eigenvalue weighted by Crippen LogP contribution is -2.45. The molecule has 2 aliphatic carbocycles. The van der Waals surface area contributed by atoms with Crippen LogP contribution in [0.25, 0.3) is 11.1 Å². The molecule has 2 fully saturated rings. The van der Waals surface area contributed by atoms with Gasteiger partial charge in [-0.2, -0.15) is 0 Å². The van der Waals surface area contributed by atoms with Gasteiger partial charge in [0.2, 0.25) is 0 Å². The van der Waals surface area contributed by atoms with Crippen LogP contribution in [0.15, 0.2) is 42.5 Å². The van der Waals surface area contributed by atoms with Gasteiger partial charge in [0.25, 0.3) is 0 Å². The molecule has 1 saturated carbocycles. The van der Waals surface area contributed by atoms with E-state index in [0.717, 1.165) is 25.4 Å². The van der Waals surface area contributed by atoms with E-state index in [-0.39, 0.29) is 0 Å². The first-order valence-electron chi connectivity index (χ1n) is 9.54. The molecule has 5 rings (SSSR count). The van der Waals surface area contributed by atoms with Gasteiger partial charge in [-0.3, -0.25) is 4.90 Å². The Bertz CT molecular complexity index is 741. The molecule has 1 atom stereocenters. The minimum Gasteiger partial charge on any atom is -0.314 e. The minimum atomic E-state index is 0.619. The van der Waals surface area contributed by atoms with Crippen LogP contribution in [0.1, 0.15) is 42.0 Å². The molecule has 2 heteroatoms. The van der Waals surface area contributed by atoms with E-state index >= 15 is 0 Å². The standard InChI is InChI=1S/C22H26N2/c1-2-4-20-17(3-1)14-19-15-18(7-8-21(19)20)22(13-16-5-6-16)24-11-9-23-10-12-24/h1-4,7-8,15-16,22-23H,5-6,9-14H2/t22-/m1/s1. The zero-order chi connectivity index (χ0) is 15.9. The molecule has 0 amide bonds. The van der Waals surface area contributed by atoms with E-state index in [1.807, 2.05) is 0 Å². The highest BCUT2D eigenvalue weighted by atomic mass is 15.2. The van der Waals surface area contributed by atoms with Gasteiger partial charge in [0.05, 0.1) is 0 Å². The largest absolute Gasteiger partial charge is 0.314 e. The number of hydrogen-bond donors (Lipinski definition) is 1. The second kappa shape index (κ2) is 6.02. The quantitative estimate of drug-likeness (QED) is 0.782. The third-order valence-corrected chi connectivity index (χ3v) is 6.05. The van der Waals surface area contributed by atoms with Crippen LogP contribution < -0.4 is 5.32 Å². The van der Waals surface area contributed by atoms with Crippen LogP contribution in [-0.4, -0.2) is 31.1 Å². The van der Waals surface area contributed by atoms with Crippen molar-refractivity contribution < 1.29 is 0 Å². The number of hydrogen-bond acceptors (Lipinski definition) is 2. The highest BCUT2D eigenvalue weighted by Crippen LogP contribution is 2.42. The van der Waals surface area contributed by atoms with Gasteiger partial charge in [-0.25, -0.2) is 0 Å². The van der Waals surface area contributed by atoms with Gasteiger partial charge in [0, 0.05) is 32.2 Å². The molecule has 0 aromatic heterocycles. The summed E-state index contributed by atoms with van der Waals surface area (Å²) in [5, 5.41) is 3.50. The number of rotatable bonds is 4. The van der Waals surface area contributed by atoms with Crippen LogP contribution >= 0.6 is 0 Å². The first kappa shape index (κ1) is 14.7. The molecule has 24 heavy (non-hydrogen) atoms. The molecule has 0 radical (unpaired) electrons. The fourth-order valence-electron chi connectivity index (χ4n) is 4.53. The fraction of sp³-hybridized carbons (Fsp3) is 0.455. The van der Waals surface area contributed by atoms with Crippen molar-refractivity contribution in [1.82, 2.24) is 10.2 Å². The van der Waals surface area contributed by atoms with Crippen LogP contribution in [0.4, 0.5) is 0 Å². The minimum absolute atomic E-state index is 0.619. The molecule has 124 valence electrons. The maximum Gasteiger partial charge on any atom is 0.0351 e. The average Bonchev–Trinajstić information content (AvgIpc) is 3.38. The van der Waals surface area contributed by atoms with Crippen molar-refractivity contribution in [2.45, 2.75) is 31.7 Å². The summed E-state index contributed by atoms with van der Waals surface area (Å²) in [6.45, 7) is 4.65. The number of piperazine rings is 1. The SMILES string of the molecule is c1ccc2c(c1)Cc1cc([C@@H](CC3CC3)N3CCNCC3)ccc1-2. The molecule has 1 N–H and O–H groups in total. The molecule has 0 unspecified atom stereocenters. The predicted molar refractivity (Wildman–Crippen MR) is 99.2 cm³/mol. The summed E-state index contributed by atoms with van der Waals surface area (Å²) < 4.78 is 0. The van der Waals surface area contributed by atoms with Crippen molar-refractivity contribution in [3.05, 3.63) is 59.2 Å². The topological polar surface area (TPSA) is 15.3 Å². The predicted octanol–water partition coefficient (Wildman–Crippen LogP) is 4.00. The van der Waals surface area contributed by atoms with Gasteiger partial charge in [-0.1, -0.05) is 55.3 Å². The van der Waals surface area contributed by atoms with Crippen LogP contribution in [0, 0.1) is 5.92 Å². The summed E-state index contributed by atoms with van der Waals surface area (Å²) in [6, 6.07) is 16.8. The Morgan fingerprint density at radius 1 is 0.958 bits per heavy atom. The van der Waals surface area contributed by atoms with Crippen molar-refractivity contribution in [2.24, 2.45) is 5.92 Å². The van der Waals surface area contributed by atoms with Crippen LogP contribution in [0.5, 0.6) is 0 Å². The van der Waals surface area contributed by atoms with Gasteiger partial charge in [0.1, 0.15) is 0 Å². The van der Waals surface area contributed by atoms with Crippen molar-refractivity contribution in [2.75, 3.05) is 26.2 Å². The number of nitrogens with zero attached hydrogens (tertiary/aromatic N) is 1. The van der Waals surface area contributed by atoms with Crippen LogP contribution in [-0.2, 0) is 6.42 Å². The monoisotopic (exact) mass is 318 g/mol. The molecule has 1 saturated heterocycles. The second-order valence-electron chi connectivity index (χ2n) is 7.73. The lowest BCUT2D eigenvalue weighted by Gasteiger charge is -2.35. The summed E-state index contributed by atoms with van der Waals surface area (Å²) in [4.78, 5) is 2.72. The molecule has 2 nitrogen and oxygen atoms in total. The van der Waals surface area contributed by atoms with Gasteiger partial charge >= 0.3 is 0 Å². The van der Waals surface area contributed by atoms with Crippen molar-refractivity contribution in [3.8, 4) is 11.1 Å². The third-order valence-electron chi connectivity index (χ3n) is 6.05. The lowest BCUT2D eigenvalue weighted by atomic mass is 9.95. The maximum absolute atomic E-state index is 3.50. The Morgan fingerprint density at radius 3 is 2.58 bits per heavy atom. The van der Waals surface area contributed by atoms with Gasteiger partial charge in [0.15, 0.2) is 0 Å². The van der Waals surface area contributed by atoms with E-state index < -0.39 is 0 Å². The second-order valence-corrected chi connectivity index (χ2v) is 7.73. The zero-order valence-corrected chi connectivity index (χ0v) is 14.3. The summed E-state index contributed by atoms with van der Waals surface area (Å²) in [5.41, 5.74) is 7.48. The van der Waals surface area contributed by atoms with Crippen molar-refractivity contribution in [1.29, 1.82) is 0 Å². The Labute approximate surface area is 144 Å². The van der Waals surface area contributed by atoms with Crippen LogP contribution in [0.3, 0.4) is 0 Å². The number of fused-ring (bicyclic) bond motifs is 3. The van der Waals surface area contributed by atoms with E-state index in [1.54, 1.807) is 5.56 Å². The fourth-order valence-corrected chi connectivity index (χ4v) is 4.53. The Hall–Kier alpha value is -1.64. The molecule has 3 aliphatic rings. The average molecular weight is 318 g/mol. The van der Waals surface area contributed by atoms with E-state index in [2.05, 4.69) is 52.7 Å². The molecule has 0 spiro atoms. The van der Waals surface area contributed by atoms with E-state index in [1.165, 1.54) is 54.6 Å². The molecule has 2 aromatic carbocycles. The molecule has 0 bridgehead atoms. The third kappa shape index (κ3) is 2.68. The molecule has 1 heterocycles. The first-order chi connectivity index (χ1) is 11.9. The smallest absolute Gasteiger partial charge is 0.0351 e. The Morgan fingerprint density at radius 2 is 1.75 bits per heavy atom. The highest BCUT2D eigenvalue weighted by Gasteiger charge is 2.31. The Kier molecular flexibility index (Phi) is 3.68. The maximum atomic E-state index is 3.50.